The molecule has 0 saturated carbocycles. The zero-order valence-electron chi connectivity index (χ0n) is 11.8. The monoisotopic (exact) mass is 266 g/mol. The fourth-order valence-electron chi connectivity index (χ4n) is 2.44. The molecule has 1 aliphatic heterocycles. The maximum Gasteiger partial charge on any atom is 0.301 e. The summed E-state index contributed by atoms with van der Waals surface area (Å²) in [4.78, 5) is 16.2. The van der Waals surface area contributed by atoms with Crippen molar-refractivity contribution in [3.8, 4) is 0 Å². The fourth-order valence-corrected chi connectivity index (χ4v) is 2.44. The van der Waals surface area contributed by atoms with Crippen LogP contribution >= 0.6 is 0 Å². The summed E-state index contributed by atoms with van der Waals surface area (Å²) in [6.45, 7) is 8.11. The highest BCUT2D eigenvalue weighted by Gasteiger charge is 2.31. The van der Waals surface area contributed by atoms with Crippen LogP contribution in [0.1, 0.15) is 30.0 Å². The molecule has 6 heteroatoms. The predicted molar refractivity (Wildman–Crippen MR) is 72.3 cm³/mol. The van der Waals surface area contributed by atoms with Gasteiger partial charge in [-0.3, -0.25) is 20.0 Å². The summed E-state index contributed by atoms with van der Waals surface area (Å²) in [5, 5.41) is 0. The lowest BCUT2D eigenvalue weighted by Gasteiger charge is -2.45. The molecule has 6 nitrogen and oxygen atoms in total. The first kappa shape index (κ1) is 14.0. The highest BCUT2D eigenvalue weighted by atomic mass is 16.3. The fraction of sp³-hybridized carbons (Fsp3) is 0.615. The molecule has 0 spiro atoms. The van der Waals surface area contributed by atoms with Crippen molar-refractivity contribution in [2.75, 3.05) is 26.7 Å². The second-order valence-corrected chi connectivity index (χ2v) is 5.69. The van der Waals surface area contributed by atoms with E-state index in [4.69, 9.17) is 10.3 Å². The van der Waals surface area contributed by atoms with Crippen LogP contribution in [-0.2, 0) is 6.54 Å². The van der Waals surface area contributed by atoms with Gasteiger partial charge >= 0.3 is 5.91 Å². The smallest absolute Gasteiger partial charge is 0.301 e. The Labute approximate surface area is 113 Å². The van der Waals surface area contributed by atoms with Gasteiger partial charge in [-0.15, -0.1) is 0 Å². The number of amides is 1. The Bertz CT molecular complexity index is 455. The Kier molecular flexibility index (Phi) is 3.93. The van der Waals surface area contributed by atoms with Crippen molar-refractivity contribution in [2.45, 2.75) is 25.9 Å². The van der Waals surface area contributed by atoms with E-state index in [1.54, 1.807) is 0 Å². The largest absolute Gasteiger partial charge is 0.459 e. The number of nitrogen functional groups attached to an aromatic ring is 1. The van der Waals surface area contributed by atoms with E-state index in [9.17, 15) is 4.79 Å². The number of nitrogens with one attached hydrogen (secondary N) is 1. The zero-order valence-corrected chi connectivity index (χ0v) is 11.8. The number of furan rings is 1. The molecule has 2 rings (SSSR count). The summed E-state index contributed by atoms with van der Waals surface area (Å²) in [6.07, 6.45) is 1.53. The molecular weight excluding hydrogens is 244 g/mol. The molecule has 0 unspecified atom stereocenters. The molecule has 2 heterocycles. The first-order valence-corrected chi connectivity index (χ1v) is 6.45. The van der Waals surface area contributed by atoms with E-state index in [2.05, 4.69) is 36.1 Å². The van der Waals surface area contributed by atoms with Gasteiger partial charge in [-0.05, 0) is 27.0 Å². The van der Waals surface area contributed by atoms with Gasteiger partial charge in [0.15, 0.2) is 5.76 Å². The third-order valence-electron chi connectivity index (χ3n) is 3.87. The average Bonchev–Trinajstić information content (AvgIpc) is 2.80. The third-order valence-corrected chi connectivity index (χ3v) is 3.87. The molecular formula is C13H22N4O2. The number of nitrogens with two attached hydrogens (primary N) is 1. The number of hydrazine groups is 1. The molecule has 1 saturated heterocycles. The van der Waals surface area contributed by atoms with Crippen molar-refractivity contribution in [2.24, 2.45) is 5.84 Å². The normalized spacial score (nSPS) is 20.4. The summed E-state index contributed by atoms with van der Waals surface area (Å²) in [6, 6.07) is 1.83. The van der Waals surface area contributed by atoms with Crippen LogP contribution in [0.2, 0.25) is 0 Å². The van der Waals surface area contributed by atoms with Crippen LogP contribution in [0.15, 0.2) is 16.7 Å². The van der Waals surface area contributed by atoms with E-state index < -0.39 is 0 Å². The SMILES string of the molecule is CN1CCN(Cc2ccoc2C(=O)NN)CC1(C)C. The van der Waals surface area contributed by atoms with Gasteiger partial charge < -0.3 is 4.42 Å². The molecule has 1 aromatic heterocycles. The van der Waals surface area contributed by atoms with Crippen molar-refractivity contribution >= 4 is 5.91 Å². The quantitative estimate of drug-likeness (QED) is 0.471. The van der Waals surface area contributed by atoms with Crippen molar-refractivity contribution < 1.29 is 9.21 Å². The third kappa shape index (κ3) is 2.97. The highest BCUT2D eigenvalue weighted by molar-refractivity contribution is 5.92. The van der Waals surface area contributed by atoms with Gasteiger partial charge in [-0.25, -0.2) is 5.84 Å². The van der Waals surface area contributed by atoms with Gasteiger partial charge in [0.05, 0.1) is 6.26 Å². The number of carbonyl (C=O) groups is 1. The Balaban J connectivity index is 2.06. The van der Waals surface area contributed by atoms with E-state index in [0.717, 1.165) is 25.2 Å². The molecule has 0 atom stereocenters. The summed E-state index contributed by atoms with van der Waals surface area (Å²) < 4.78 is 5.20. The van der Waals surface area contributed by atoms with Gasteiger partial charge in [0.25, 0.3) is 0 Å². The van der Waals surface area contributed by atoms with Crippen LogP contribution in [0.25, 0.3) is 0 Å². The summed E-state index contributed by atoms with van der Waals surface area (Å²) in [5.41, 5.74) is 3.12. The lowest BCUT2D eigenvalue weighted by atomic mass is 9.99. The first-order valence-electron chi connectivity index (χ1n) is 6.45. The molecule has 0 radical (unpaired) electrons. The van der Waals surface area contributed by atoms with Crippen molar-refractivity contribution in [3.63, 3.8) is 0 Å². The number of rotatable bonds is 3. The molecule has 19 heavy (non-hydrogen) atoms. The minimum absolute atomic E-state index is 0.137. The summed E-state index contributed by atoms with van der Waals surface area (Å²) in [5.74, 6) is 5.07. The molecule has 1 aliphatic rings. The molecule has 0 bridgehead atoms. The van der Waals surface area contributed by atoms with Gasteiger partial charge in [-0.2, -0.15) is 0 Å². The van der Waals surface area contributed by atoms with Crippen LogP contribution in [0.4, 0.5) is 0 Å². The number of hydrogen-bond donors (Lipinski definition) is 2. The van der Waals surface area contributed by atoms with Crippen molar-refractivity contribution in [3.05, 3.63) is 23.7 Å². The number of likely N-dealkylation sites (N-methyl/N-ethyl adjacent to an activating group) is 1. The van der Waals surface area contributed by atoms with Crippen molar-refractivity contribution in [1.29, 1.82) is 0 Å². The molecule has 1 aromatic rings. The zero-order chi connectivity index (χ0) is 14.0. The number of hydrogen-bond acceptors (Lipinski definition) is 5. The molecule has 1 fully saturated rings. The Morgan fingerprint density at radius 1 is 1.53 bits per heavy atom. The van der Waals surface area contributed by atoms with Crippen molar-refractivity contribution in [1.82, 2.24) is 15.2 Å². The maximum absolute atomic E-state index is 11.6. The maximum atomic E-state index is 11.6. The van der Waals surface area contributed by atoms with Crippen LogP contribution in [-0.4, -0.2) is 47.9 Å². The topological polar surface area (TPSA) is 74.7 Å². The predicted octanol–water partition coefficient (Wildman–Crippen LogP) is 0.409. The number of carbonyl (C=O) groups excluding carboxylic acids is 1. The molecule has 1 amide bonds. The number of nitrogens with zero attached hydrogens (tertiary/aromatic N) is 2. The van der Waals surface area contributed by atoms with Gasteiger partial charge in [0, 0.05) is 37.3 Å². The molecule has 0 aromatic carbocycles. The lowest BCUT2D eigenvalue weighted by Crippen LogP contribution is -2.57. The second kappa shape index (κ2) is 5.32. The van der Waals surface area contributed by atoms with Gasteiger partial charge in [0.2, 0.25) is 0 Å². The summed E-state index contributed by atoms with van der Waals surface area (Å²) in [7, 11) is 2.14. The van der Waals surface area contributed by atoms with E-state index >= 15 is 0 Å². The van der Waals surface area contributed by atoms with E-state index in [0.29, 0.717) is 12.3 Å². The molecule has 3 N–H and O–H groups in total. The summed E-state index contributed by atoms with van der Waals surface area (Å²) >= 11 is 0. The first-order chi connectivity index (χ1) is 8.94. The van der Waals surface area contributed by atoms with Gasteiger partial charge in [-0.1, -0.05) is 0 Å². The van der Waals surface area contributed by atoms with Crippen LogP contribution in [0, 0.1) is 0 Å². The van der Waals surface area contributed by atoms with Crippen LogP contribution in [0.5, 0.6) is 0 Å². The molecule has 0 aliphatic carbocycles. The van der Waals surface area contributed by atoms with Gasteiger partial charge in [0.1, 0.15) is 0 Å². The van der Waals surface area contributed by atoms with E-state index in [1.165, 1.54) is 6.26 Å². The Hall–Kier alpha value is -1.37. The van der Waals surface area contributed by atoms with E-state index in [1.807, 2.05) is 6.07 Å². The molecule has 106 valence electrons. The van der Waals surface area contributed by atoms with E-state index in [-0.39, 0.29) is 11.4 Å². The average molecular weight is 266 g/mol. The Morgan fingerprint density at radius 2 is 2.26 bits per heavy atom. The van der Waals surface area contributed by atoms with Crippen LogP contribution < -0.4 is 11.3 Å². The Morgan fingerprint density at radius 3 is 2.89 bits per heavy atom. The lowest BCUT2D eigenvalue weighted by molar-refractivity contribution is 0.0357. The minimum atomic E-state index is -0.381. The van der Waals surface area contributed by atoms with Crippen LogP contribution in [0.3, 0.4) is 0 Å². The highest BCUT2D eigenvalue weighted by Crippen LogP contribution is 2.21. The number of piperazine rings is 1. The second-order valence-electron chi connectivity index (χ2n) is 5.69. The minimum Gasteiger partial charge on any atom is -0.459 e. The standard InChI is InChI=1S/C13H22N4O2/c1-13(2)9-17(6-5-16(13)3)8-10-4-7-19-11(10)12(18)15-14/h4,7H,5-6,8-9,14H2,1-3H3,(H,15,18).